The first-order valence-corrected chi connectivity index (χ1v) is 14.1. The summed E-state index contributed by atoms with van der Waals surface area (Å²) in [5.74, 6) is 0.235. The number of hydrogen-bond donors (Lipinski definition) is 2. The SMILES string of the molecule is CC(Nc1nc(N)ncc1-c1cccc(S(C)(=O)=O)c1)c1nc2cccc(C(F)(F)F)c2c(=O)n1-c1ccccc1. The number of fused-ring (bicyclic) bond motifs is 1. The molecule has 3 aromatic carbocycles. The van der Waals surface area contributed by atoms with Gasteiger partial charge in [0.1, 0.15) is 11.6 Å². The zero-order chi connectivity index (χ0) is 29.5. The maximum atomic E-state index is 13.9. The highest BCUT2D eigenvalue weighted by atomic mass is 32.2. The van der Waals surface area contributed by atoms with Gasteiger partial charge in [0.15, 0.2) is 9.84 Å². The third-order valence-electron chi connectivity index (χ3n) is 6.36. The number of nitrogens with two attached hydrogens (primary N) is 1. The Balaban J connectivity index is 1.69. The Morgan fingerprint density at radius 2 is 1.68 bits per heavy atom. The molecule has 1 atom stereocenters. The average Bonchev–Trinajstić information content (AvgIpc) is 2.92. The Morgan fingerprint density at radius 3 is 2.37 bits per heavy atom. The number of aromatic nitrogens is 4. The minimum Gasteiger partial charge on any atom is -0.368 e. The van der Waals surface area contributed by atoms with Gasteiger partial charge in [-0.15, -0.1) is 0 Å². The van der Waals surface area contributed by atoms with Gasteiger partial charge in [-0.2, -0.15) is 18.2 Å². The first-order valence-electron chi connectivity index (χ1n) is 12.2. The summed E-state index contributed by atoms with van der Waals surface area (Å²) in [4.78, 5) is 26.6. The highest BCUT2D eigenvalue weighted by Crippen LogP contribution is 2.34. The van der Waals surface area contributed by atoms with Crippen LogP contribution in [0.4, 0.5) is 24.9 Å². The smallest absolute Gasteiger partial charge is 0.368 e. The monoisotopic (exact) mass is 580 g/mol. The number of rotatable bonds is 6. The predicted molar refractivity (Wildman–Crippen MR) is 149 cm³/mol. The fraction of sp³-hybridized carbons (Fsp3) is 0.143. The van der Waals surface area contributed by atoms with Crippen molar-refractivity contribution in [3.8, 4) is 16.8 Å². The fourth-order valence-corrected chi connectivity index (χ4v) is 5.15. The number of benzene rings is 3. The van der Waals surface area contributed by atoms with E-state index in [1.807, 2.05) is 0 Å². The number of nitrogens with zero attached hydrogens (tertiary/aromatic N) is 4. The standard InChI is InChI=1S/C28H23F3N6O3S/c1-16(34-24-20(15-33-27(32)36-24)17-8-6-11-19(14-17)41(2,39)40)25-35-22-13-7-12-21(28(29,30)31)23(22)26(38)37(25)18-9-4-3-5-10-18/h3-16H,1-2H3,(H3,32,33,34,36). The summed E-state index contributed by atoms with van der Waals surface area (Å²) in [6.07, 6.45) is -2.26. The van der Waals surface area contributed by atoms with E-state index in [4.69, 9.17) is 5.73 Å². The summed E-state index contributed by atoms with van der Waals surface area (Å²) in [6.45, 7) is 1.66. The molecule has 1 unspecified atom stereocenters. The first kappa shape index (κ1) is 27.8. The number of para-hydroxylation sites is 1. The van der Waals surface area contributed by atoms with Gasteiger partial charge in [-0.25, -0.2) is 18.4 Å². The van der Waals surface area contributed by atoms with Gasteiger partial charge in [0.25, 0.3) is 5.56 Å². The highest BCUT2D eigenvalue weighted by Gasteiger charge is 2.35. The summed E-state index contributed by atoms with van der Waals surface area (Å²) in [5.41, 5.74) is 4.97. The molecule has 0 bridgehead atoms. The molecular formula is C28H23F3N6O3S. The summed E-state index contributed by atoms with van der Waals surface area (Å²) in [7, 11) is -3.51. The van der Waals surface area contributed by atoms with Gasteiger partial charge in [0, 0.05) is 18.0 Å². The molecule has 3 N–H and O–H groups in total. The molecule has 9 nitrogen and oxygen atoms in total. The van der Waals surface area contributed by atoms with Crippen molar-refractivity contribution in [2.24, 2.45) is 0 Å². The molecule has 5 rings (SSSR count). The average molecular weight is 581 g/mol. The van der Waals surface area contributed by atoms with E-state index in [0.29, 0.717) is 16.8 Å². The van der Waals surface area contributed by atoms with E-state index in [0.717, 1.165) is 16.9 Å². The molecule has 0 radical (unpaired) electrons. The normalized spacial score (nSPS) is 12.8. The van der Waals surface area contributed by atoms with E-state index >= 15 is 0 Å². The lowest BCUT2D eigenvalue weighted by Gasteiger charge is -2.22. The van der Waals surface area contributed by atoms with Gasteiger partial charge in [-0.3, -0.25) is 9.36 Å². The topological polar surface area (TPSA) is 133 Å². The van der Waals surface area contributed by atoms with Gasteiger partial charge in [0.2, 0.25) is 5.95 Å². The van der Waals surface area contributed by atoms with Gasteiger partial charge >= 0.3 is 6.18 Å². The Hall–Kier alpha value is -4.78. The van der Waals surface area contributed by atoms with Crippen LogP contribution in [-0.2, 0) is 16.0 Å². The summed E-state index contributed by atoms with van der Waals surface area (Å²) in [6, 6.07) is 17.0. The zero-order valence-corrected chi connectivity index (χ0v) is 22.5. The lowest BCUT2D eigenvalue weighted by atomic mass is 10.1. The van der Waals surface area contributed by atoms with Crippen LogP contribution in [0.15, 0.2) is 88.7 Å². The summed E-state index contributed by atoms with van der Waals surface area (Å²) < 4.78 is 67.0. The van der Waals surface area contributed by atoms with E-state index in [-0.39, 0.29) is 28.0 Å². The molecule has 0 spiro atoms. The maximum Gasteiger partial charge on any atom is 0.417 e. The minimum atomic E-state index is -4.77. The summed E-state index contributed by atoms with van der Waals surface area (Å²) >= 11 is 0. The molecule has 0 fully saturated rings. The molecule has 0 aliphatic carbocycles. The molecule has 0 aliphatic heterocycles. The fourth-order valence-electron chi connectivity index (χ4n) is 4.48. The molecule has 41 heavy (non-hydrogen) atoms. The van der Waals surface area contributed by atoms with Gasteiger partial charge < -0.3 is 11.1 Å². The van der Waals surface area contributed by atoms with Crippen LogP contribution < -0.4 is 16.6 Å². The lowest BCUT2D eigenvalue weighted by molar-refractivity contribution is -0.136. The molecule has 210 valence electrons. The lowest BCUT2D eigenvalue weighted by Crippen LogP contribution is -2.29. The van der Waals surface area contributed by atoms with E-state index in [1.54, 1.807) is 49.4 Å². The number of nitrogen functional groups attached to an aromatic ring is 1. The van der Waals surface area contributed by atoms with Crippen molar-refractivity contribution < 1.29 is 21.6 Å². The Kier molecular flexibility index (Phi) is 6.99. The second kappa shape index (κ2) is 10.3. The van der Waals surface area contributed by atoms with Gasteiger partial charge in [-0.1, -0.05) is 36.4 Å². The quantitative estimate of drug-likeness (QED) is 0.286. The second-order valence-corrected chi connectivity index (χ2v) is 11.3. The molecule has 0 saturated carbocycles. The van der Waals surface area contributed by atoms with Crippen molar-refractivity contribution in [3.63, 3.8) is 0 Å². The van der Waals surface area contributed by atoms with Crippen molar-refractivity contribution >= 4 is 32.5 Å². The number of alkyl halides is 3. The van der Waals surface area contributed by atoms with Gasteiger partial charge in [-0.05, 0) is 48.9 Å². The van der Waals surface area contributed by atoms with E-state index in [2.05, 4.69) is 20.3 Å². The van der Waals surface area contributed by atoms with E-state index < -0.39 is 38.6 Å². The van der Waals surface area contributed by atoms with Crippen LogP contribution in [0.3, 0.4) is 0 Å². The summed E-state index contributed by atoms with van der Waals surface area (Å²) in [5, 5.41) is 2.59. The molecule has 0 saturated heterocycles. The predicted octanol–water partition coefficient (Wildman–Crippen LogP) is 5.02. The maximum absolute atomic E-state index is 13.9. The number of hydrogen-bond acceptors (Lipinski definition) is 8. The second-order valence-electron chi connectivity index (χ2n) is 9.30. The Bertz CT molecular complexity index is 1940. The van der Waals surface area contributed by atoms with Crippen molar-refractivity contribution in [3.05, 3.63) is 101 Å². The van der Waals surface area contributed by atoms with Crippen LogP contribution in [0.2, 0.25) is 0 Å². The third kappa shape index (κ3) is 5.48. The van der Waals surface area contributed by atoms with Crippen molar-refractivity contribution in [2.75, 3.05) is 17.3 Å². The van der Waals surface area contributed by atoms with E-state index in [1.165, 1.54) is 30.5 Å². The molecule has 0 amide bonds. The van der Waals surface area contributed by atoms with Crippen LogP contribution in [0.5, 0.6) is 0 Å². The number of sulfone groups is 1. The first-order chi connectivity index (χ1) is 19.3. The minimum absolute atomic E-state index is 0.0792. The molecule has 5 aromatic rings. The molecule has 2 heterocycles. The van der Waals surface area contributed by atoms with Crippen LogP contribution in [0.1, 0.15) is 24.4 Å². The van der Waals surface area contributed by atoms with Crippen LogP contribution in [0, 0.1) is 0 Å². The molecule has 0 aliphatic rings. The van der Waals surface area contributed by atoms with Gasteiger partial charge in [0.05, 0.1) is 33.1 Å². The Labute approximate surface area is 232 Å². The van der Waals surface area contributed by atoms with Crippen molar-refractivity contribution in [1.82, 2.24) is 19.5 Å². The molecule has 2 aromatic heterocycles. The molecule has 13 heteroatoms. The third-order valence-corrected chi connectivity index (χ3v) is 7.47. The largest absolute Gasteiger partial charge is 0.417 e. The molecular weight excluding hydrogens is 557 g/mol. The Morgan fingerprint density at radius 1 is 0.976 bits per heavy atom. The van der Waals surface area contributed by atoms with Crippen LogP contribution in [0.25, 0.3) is 27.7 Å². The highest BCUT2D eigenvalue weighted by molar-refractivity contribution is 7.90. The van der Waals surface area contributed by atoms with Crippen molar-refractivity contribution in [2.45, 2.75) is 24.0 Å². The number of halogens is 3. The van der Waals surface area contributed by atoms with Crippen molar-refractivity contribution in [1.29, 1.82) is 0 Å². The number of anilines is 2. The van der Waals surface area contributed by atoms with E-state index in [9.17, 15) is 26.4 Å². The van der Waals surface area contributed by atoms with Crippen LogP contribution in [-0.4, -0.2) is 34.2 Å². The zero-order valence-electron chi connectivity index (χ0n) is 21.7. The number of nitrogens with one attached hydrogen (secondary N) is 1. The van der Waals surface area contributed by atoms with Crippen LogP contribution >= 0.6 is 0 Å².